The van der Waals surface area contributed by atoms with Crippen molar-refractivity contribution in [3.05, 3.63) is 83.3 Å². The van der Waals surface area contributed by atoms with Crippen LogP contribution in [0.1, 0.15) is 26.5 Å². The number of Topliss-reactive ketones (excluding diaryl/α,β-unsaturated/α-hetero) is 1. The van der Waals surface area contributed by atoms with E-state index in [0.717, 1.165) is 0 Å². The zero-order valence-corrected chi connectivity index (χ0v) is 19.1. The molecule has 4 aromatic rings. The first kappa shape index (κ1) is 22.1. The Morgan fingerprint density at radius 2 is 1.66 bits per heavy atom. The van der Waals surface area contributed by atoms with Crippen molar-refractivity contribution in [2.24, 2.45) is 0 Å². The molecule has 8 heteroatoms. The normalized spacial score (nSPS) is 13.5. The minimum atomic E-state index is -0.689. The number of ketones is 1. The first-order chi connectivity index (χ1) is 17.0. The fourth-order valence-corrected chi connectivity index (χ4v) is 3.76. The Labute approximate surface area is 200 Å². The molecule has 0 N–H and O–H groups in total. The summed E-state index contributed by atoms with van der Waals surface area (Å²) < 4.78 is 32.7. The standard InChI is InChI=1S/C27H20O8/c1-30-17-8-7-15(21(13-17)32-3)11-23-25(28)19-10-9-18(14-22(19)34-23)33-27(29)24-12-16-5-4-6-20(31-2)26(16)35-24/h4-14H,1-3H3/b23-11-. The Hall–Kier alpha value is -4.72. The molecule has 0 fully saturated rings. The number of esters is 1. The third-order valence-corrected chi connectivity index (χ3v) is 5.51. The predicted molar refractivity (Wildman–Crippen MR) is 127 cm³/mol. The van der Waals surface area contributed by atoms with Crippen LogP contribution in [-0.4, -0.2) is 33.1 Å². The number of carbonyl (C=O) groups is 2. The monoisotopic (exact) mass is 472 g/mol. The van der Waals surface area contributed by atoms with Crippen molar-refractivity contribution < 1.29 is 37.7 Å². The van der Waals surface area contributed by atoms with E-state index in [1.165, 1.54) is 26.4 Å². The number of allylic oxidation sites excluding steroid dienone is 1. The summed E-state index contributed by atoms with van der Waals surface area (Å²) in [4.78, 5) is 25.5. The fraction of sp³-hybridized carbons (Fsp3) is 0.111. The zero-order valence-electron chi connectivity index (χ0n) is 19.1. The first-order valence-corrected chi connectivity index (χ1v) is 10.6. The van der Waals surface area contributed by atoms with Crippen LogP contribution >= 0.6 is 0 Å². The van der Waals surface area contributed by atoms with Gasteiger partial charge in [0.05, 0.1) is 26.9 Å². The van der Waals surface area contributed by atoms with Gasteiger partial charge in [0.2, 0.25) is 11.5 Å². The highest BCUT2D eigenvalue weighted by atomic mass is 16.6. The van der Waals surface area contributed by atoms with Gasteiger partial charge in [0.1, 0.15) is 23.0 Å². The SMILES string of the molecule is COc1ccc(/C=C2\Oc3cc(OC(=O)c4cc5cccc(OC)c5o4)ccc3C2=O)c(OC)c1. The summed E-state index contributed by atoms with van der Waals surface area (Å²) in [5.41, 5.74) is 1.46. The molecular formula is C27H20O8. The molecule has 0 amide bonds. The smallest absolute Gasteiger partial charge is 0.379 e. The van der Waals surface area contributed by atoms with Crippen molar-refractivity contribution in [3.63, 3.8) is 0 Å². The summed E-state index contributed by atoms with van der Waals surface area (Å²) in [6, 6.07) is 16.7. The van der Waals surface area contributed by atoms with Gasteiger partial charge in [-0.05, 0) is 42.5 Å². The lowest BCUT2D eigenvalue weighted by atomic mass is 10.1. The van der Waals surface area contributed by atoms with E-state index < -0.39 is 5.97 Å². The molecule has 3 aromatic carbocycles. The van der Waals surface area contributed by atoms with Crippen molar-refractivity contribution >= 4 is 28.8 Å². The second-order valence-corrected chi connectivity index (χ2v) is 7.58. The topological polar surface area (TPSA) is 93.4 Å². The molecule has 0 spiro atoms. The maximum atomic E-state index is 12.8. The number of methoxy groups -OCH3 is 3. The largest absolute Gasteiger partial charge is 0.497 e. The van der Waals surface area contributed by atoms with Gasteiger partial charge in [0.25, 0.3) is 0 Å². The molecule has 2 heterocycles. The van der Waals surface area contributed by atoms with Crippen molar-refractivity contribution in [2.45, 2.75) is 0 Å². The van der Waals surface area contributed by atoms with Crippen LogP contribution in [0.15, 0.2) is 70.8 Å². The van der Waals surface area contributed by atoms with Crippen LogP contribution in [0.3, 0.4) is 0 Å². The van der Waals surface area contributed by atoms with Crippen LogP contribution in [0.2, 0.25) is 0 Å². The highest BCUT2D eigenvalue weighted by Gasteiger charge is 2.29. The average Bonchev–Trinajstić information content (AvgIpc) is 3.45. The number of hydrogen-bond donors (Lipinski definition) is 0. The van der Waals surface area contributed by atoms with E-state index in [4.69, 9.17) is 28.1 Å². The Kier molecular flexibility index (Phi) is 5.62. The summed E-state index contributed by atoms with van der Waals surface area (Å²) in [6.07, 6.45) is 1.59. The van der Waals surface area contributed by atoms with E-state index in [-0.39, 0.29) is 28.8 Å². The Bertz CT molecular complexity index is 1490. The van der Waals surface area contributed by atoms with Gasteiger partial charge in [-0.3, -0.25) is 4.79 Å². The molecule has 0 saturated carbocycles. The van der Waals surface area contributed by atoms with Crippen LogP contribution in [-0.2, 0) is 0 Å². The number of ether oxygens (including phenoxy) is 5. The van der Waals surface area contributed by atoms with Crippen molar-refractivity contribution in [3.8, 4) is 28.7 Å². The molecule has 0 saturated heterocycles. The lowest BCUT2D eigenvalue weighted by Gasteiger charge is -2.08. The maximum absolute atomic E-state index is 12.8. The van der Waals surface area contributed by atoms with Gasteiger partial charge >= 0.3 is 5.97 Å². The summed E-state index contributed by atoms with van der Waals surface area (Å²) in [7, 11) is 4.61. The lowest BCUT2D eigenvalue weighted by Crippen LogP contribution is -2.07. The summed E-state index contributed by atoms with van der Waals surface area (Å²) in [6.45, 7) is 0. The molecule has 0 unspecified atom stereocenters. The minimum absolute atomic E-state index is 0.0224. The summed E-state index contributed by atoms with van der Waals surface area (Å²) in [5.74, 6) is 1.32. The Morgan fingerprint density at radius 1 is 0.857 bits per heavy atom. The molecule has 0 radical (unpaired) electrons. The van der Waals surface area contributed by atoms with Gasteiger partial charge in [-0.2, -0.15) is 0 Å². The minimum Gasteiger partial charge on any atom is -0.497 e. The molecule has 176 valence electrons. The molecular weight excluding hydrogens is 452 g/mol. The van der Waals surface area contributed by atoms with Crippen molar-refractivity contribution in [1.82, 2.24) is 0 Å². The van der Waals surface area contributed by atoms with Crippen LogP contribution in [0, 0.1) is 0 Å². The second kappa shape index (κ2) is 8.90. The molecule has 0 atom stereocenters. The van der Waals surface area contributed by atoms with Crippen LogP contribution in [0.5, 0.6) is 28.7 Å². The Balaban J connectivity index is 1.38. The van der Waals surface area contributed by atoms with E-state index >= 15 is 0 Å². The number of carbonyl (C=O) groups excluding carboxylic acids is 2. The van der Waals surface area contributed by atoms with E-state index in [1.54, 1.807) is 61.7 Å². The lowest BCUT2D eigenvalue weighted by molar-refractivity contribution is 0.0703. The highest BCUT2D eigenvalue weighted by molar-refractivity contribution is 6.14. The van der Waals surface area contributed by atoms with E-state index in [0.29, 0.717) is 39.3 Å². The van der Waals surface area contributed by atoms with E-state index in [9.17, 15) is 9.59 Å². The number of rotatable bonds is 6. The Morgan fingerprint density at radius 3 is 2.43 bits per heavy atom. The number of fused-ring (bicyclic) bond motifs is 2. The van der Waals surface area contributed by atoms with Gasteiger partial charge in [0.15, 0.2) is 17.1 Å². The number of hydrogen-bond acceptors (Lipinski definition) is 8. The molecule has 5 rings (SSSR count). The molecule has 35 heavy (non-hydrogen) atoms. The summed E-state index contributed by atoms with van der Waals surface area (Å²) >= 11 is 0. The van der Waals surface area contributed by atoms with E-state index in [2.05, 4.69) is 0 Å². The molecule has 1 aliphatic rings. The molecule has 1 aromatic heterocycles. The fourth-order valence-electron chi connectivity index (χ4n) is 3.76. The van der Waals surface area contributed by atoms with Crippen molar-refractivity contribution in [1.29, 1.82) is 0 Å². The third-order valence-electron chi connectivity index (χ3n) is 5.51. The summed E-state index contributed by atoms with van der Waals surface area (Å²) in [5, 5.41) is 0.711. The van der Waals surface area contributed by atoms with Gasteiger partial charge < -0.3 is 28.1 Å². The number of benzene rings is 3. The first-order valence-electron chi connectivity index (χ1n) is 10.6. The van der Waals surface area contributed by atoms with Crippen molar-refractivity contribution in [2.75, 3.05) is 21.3 Å². The molecule has 0 aliphatic carbocycles. The molecule has 0 bridgehead atoms. The zero-order chi connectivity index (χ0) is 24.5. The highest BCUT2D eigenvalue weighted by Crippen LogP contribution is 2.37. The second-order valence-electron chi connectivity index (χ2n) is 7.58. The van der Waals surface area contributed by atoms with Crippen LogP contribution in [0.4, 0.5) is 0 Å². The van der Waals surface area contributed by atoms with Crippen LogP contribution in [0.25, 0.3) is 17.0 Å². The number of furan rings is 1. The third kappa shape index (κ3) is 4.06. The van der Waals surface area contributed by atoms with Gasteiger partial charge in [-0.1, -0.05) is 12.1 Å². The quantitative estimate of drug-likeness (QED) is 0.212. The maximum Gasteiger partial charge on any atom is 0.379 e. The molecule has 1 aliphatic heterocycles. The van der Waals surface area contributed by atoms with Gasteiger partial charge in [-0.15, -0.1) is 0 Å². The number of para-hydroxylation sites is 1. The van der Waals surface area contributed by atoms with Crippen LogP contribution < -0.4 is 23.7 Å². The van der Waals surface area contributed by atoms with E-state index in [1.807, 2.05) is 0 Å². The van der Waals surface area contributed by atoms with Gasteiger partial charge in [-0.25, -0.2) is 4.79 Å². The average molecular weight is 472 g/mol. The molecule has 8 nitrogen and oxygen atoms in total. The predicted octanol–water partition coefficient (Wildman–Crippen LogP) is 5.29. The van der Waals surface area contributed by atoms with Gasteiger partial charge in [0, 0.05) is 23.1 Å².